The summed E-state index contributed by atoms with van der Waals surface area (Å²) in [6.07, 6.45) is 0. The number of nitrogens with zero attached hydrogens (tertiary/aromatic N) is 2. The average molecular weight is 562 g/mol. The summed E-state index contributed by atoms with van der Waals surface area (Å²) in [5.41, 5.74) is 1.45. The number of hydrogen-bond acceptors (Lipinski definition) is 4. The van der Waals surface area contributed by atoms with Gasteiger partial charge >= 0.3 is 6.61 Å². The summed E-state index contributed by atoms with van der Waals surface area (Å²) in [5.74, 6) is 0.733. The Bertz CT molecular complexity index is 883. The van der Waals surface area contributed by atoms with Crippen LogP contribution in [0.15, 0.2) is 53.5 Å². The van der Waals surface area contributed by atoms with E-state index < -0.39 is 6.61 Å². The largest absolute Gasteiger partial charge is 0.497 e. The number of ether oxygens (including phenoxy) is 2. The standard InChI is InChI=1S/C22H28F2N4O3.HI/c1-15(16-8-6-5-7-9-16)27-22(26-14-20(29)28(2)3)25-13-17-12-18(30-4)10-11-19(17)31-21(23)24;/h5-12,15,21H,13-14H2,1-4H3,(H2,25,26,27);1H. The van der Waals surface area contributed by atoms with Gasteiger partial charge < -0.3 is 25.0 Å². The molecule has 10 heteroatoms. The van der Waals surface area contributed by atoms with Crippen LogP contribution in [0.2, 0.25) is 0 Å². The summed E-state index contributed by atoms with van der Waals surface area (Å²) in [6.45, 7) is -0.940. The highest BCUT2D eigenvalue weighted by Gasteiger charge is 2.13. The lowest BCUT2D eigenvalue weighted by Gasteiger charge is -2.20. The van der Waals surface area contributed by atoms with Crippen molar-refractivity contribution in [2.24, 2.45) is 4.99 Å². The number of alkyl halides is 2. The minimum absolute atomic E-state index is 0. The summed E-state index contributed by atoms with van der Waals surface area (Å²) >= 11 is 0. The molecule has 0 heterocycles. The van der Waals surface area contributed by atoms with E-state index in [0.717, 1.165) is 5.56 Å². The van der Waals surface area contributed by atoms with Gasteiger partial charge in [0.2, 0.25) is 5.91 Å². The Morgan fingerprint density at radius 3 is 2.44 bits per heavy atom. The van der Waals surface area contributed by atoms with E-state index in [-0.39, 0.29) is 54.8 Å². The molecule has 0 radical (unpaired) electrons. The summed E-state index contributed by atoms with van der Waals surface area (Å²) in [7, 11) is 4.80. The fraction of sp³-hybridized carbons (Fsp3) is 0.364. The third kappa shape index (κ3) is 8.85. The predicted molar refractivity (Wildman–Crippen MR) is 131 cm³/mol. The molecule has 0 fully saturated rings. The fourth-order valence-electron chi connectivity index (χ4n) is 2.68. The number of amides is 1. The number of benzene rings is 2. The smallest absolute Gasteiger partial charge is 0.387 e. The maximum Gasteiger partial charge on any atom is 0.387 e. The van der Waals surface area contributed by atoms with Crippen LogP contribution in [0.3, 0.4) is 0 Å². The summed E-state index contributed by atoms with van der Waals surface area (Å²) in [6, 6.07) is 14.2. The van der Waals surface area contributed by atoms with Gasteiger partial charge in [-0.3, -0.25) is 4.79 Å². The van der Waals surface area contributed by atoms with Gasteiger partial charge in [-0.15, -0.1) is 24.0 Å². The van der Waals surface area contributed by atoms with Crippen LogP contribution in [-0.2, 0) is 11.3 Å². The number of nitrogens with one attached hydrogen (secondary N) is 2. The van der Waals surface area contributed by atoms with Gasteiger partial charge in [0, 0.05) is 19.7 Å². The van der Waals surface area contributed by atoms with Gasteiger partial charge in [0.15, 0.2) is 5.96 Å². The molecule has 2 N–H and O–H groups in total. The van der Waals surface area contributed by atoms with Crippen LogP contribution in [0.1, 0.15) is 24.1 Å². The molecule has 0 saturated heterocycles. The average Bonchev–Trinajstić information content (AvgIpc) is 2.76. The number of hydrogen-bond donors (Lipinski definition) is 2. The lowest BCUT2D eigenvalue weighted by molar-refractivity contribution is -0.127. The molecule has 0 aliphatic carbocycles. The van der Waals surface area contributed by atoms with Gasteiger partial charge in [0.1, 0.15) is 11.5 Å². The van der Waals surface area contributed by atoms with Crippen LogP contribution in [0.25, 0.3) is 0 Å². The number of carbonyl (C=O) groups is 1. The monoisotopic (exact) mass is 562 g/mol. The topological polar surface area (TPSA) is 75.2 Å². The van der Waals surface area contributed by atoms with E-state index in [9.17, 15) is 13.6 Å². The van der Waals surface area contributed by atoms with Gasteiger partial charge in [0.25, 0.3) is 0 Å². The van der Waals surface area contributed by atoms with Crippen LogP contribution >= 0.6 is 24.0 Å². The molecule has 0 aliphatic rings. The Hall–Kier alpha value is -2.63. The molecule has 0 spiro atoms. The van der Waals surface area contributed by atoms with Crippen LogP contribution in [0, 0.1) is 0 Å². The van der Waals surface area contributed by atoms with E-state index in [0.29, 0.717) is 17.3 Å². The zero-order valence-corrected chi connectivity index (χ0v) is 20.8. The first-order valence-corrected chi connectivity index (χ1v) is 9.71. The van der Waals surface area contributed by atoms with Crippen molar-refractivity contribution < 1.29 is 23.0 Å². The number of carbonyl (C=O) groups excluding carboxylic acids is 1. The molecular formula is C22H29F2IN4O3. The van der Waals surface area contributed by atoms with Gasteiger partial charge in [-0.05, 0) is 30.7 Å². The van der Waals surface area contributed by atoms with E-state index in [4.69, 9.17) is 4.74 Å². The SMILES string of the molecule is COc1ccc(OC(F)F)c(CN=C(NCC(=O)N(C)C)NC(C)c2ccccc2)c1.I. The first-order valence-electron chi connectivity index (χ1n) is 9.71. The normalized spacial score (nSPS) is 11.9. The van der Waals surface area contributed by atoms with E-state index in [1.54, 1.807) is 20.2 Å². The van der Waals surface area contributed by atoms with Crippen molar-refractivity contribution in [3.63, 3.8) is 0 Å². The molecule has 32 heavy (non-hydrogen) atoms. The number of guanidine groups is 1. The van der Waals surface area contributed by atoms with Gasteiger partial charge in [-0.1, -0.05) is 30.3 Å². The van der Waals surface area contributed by atoms with E-state index >= 15 is 0 Å². The second-order valence-corrected chi connectivity index (χ2v) is 6.94. The highest BCUT2D eigenvalue weighted by molar-refractivity contribution is 14.0. The van der Waals surface area contributed by atoms with Crippen molar-refractivity contribution in [2.45, 2.75) is 26.1 Å². The zero-order valence-electron chi connectivity index (χ0n) is 18.5. The van der Waals surface area contributed by atoms with Crippen molar-refractivity contribution in [3.8, 4) is 11.5 Å². The molecular weight excluding hydrogens is 533 g/mol. The minimum atomic E-state index is -2.96. The molecule has 1 atom stereocenters. The number of halogens is 3. The number of rotatable bonds is 9. The Labute approximate surface area is 204 Å². The first-order chi connectivity index (χ1) is 14.8. The third-order valence-corrected chi connectivity index (χ3v) is 4.45. The summed E-state index contributed by atoms with van der Waals surface area (Å²) in [5, 5.41) is 6.22. The van der Waals surface area contributed by atoms with Crippen molar-refractivity contribution in [3.05, 3.63) is 59.7 Å². The van der Waals surface area contributed by atoms with Gasteiger partial charge in [-0.2, -0.15) is 8.78 Å². The lowest BCUT2D eigenvalue weighted by atomic mass is 10.1. The molecule has 2 aromatic carbocycles. The molecule has 2 aromatic rings. The first kappa shape index (κ1) is 27.4. The molecule has 2 rings (SSSR count). The second-order valence-electron chi connectivity index (χ2n) is 6.94. The number of aliphatic imine (C=N–C) groups is 1. The van der Waals surface area contributed by atoms with Crippen LogP contribution in [-0.4, -0.2) is 51.1 Å². The molecule has 1 unspecified atom stereocenters. The van der Waals surface area contributed by atoms with Crippen molar-refractivity contribution >= 4 is 35.8 Å². The molecule has 0 bridgehead atoms. The Morgan fingerprint density at radius 1 is 1.16 bits per heavy atom. The molecule has 1 amide bonds. The number of likely N-dealkylation sites (N-methyl/N-ethyl adjacent to an activating group) is 1. The Kier molecular flexibility index (Phi) is 11.7. The van der Waals surface area contributed by atoms with Crippen molar-refractivity contribution in [1.29, 1.82) is 0 Å². The molecule has 0 saturated carbocycles. The third-order valence-electron chi connectivity index (χ3n) is 4.45. The molecule has 7 nitrogen and oxygen atoms in total. The van der Waals surface area contributed by atoms with E-state index in [1.165, 1.54) is 24.1 Å². The fourth-order valence-corrected chi connectivity index (χ4v) is 2.68. The van der Waals surface area contributed by atoms with E-state index in [1.807, 2.05) is 37.3 Å². The lowest BCUT2D eigenvalue weighted by Crippen LogP contribution is -2.43. The molecule has 176 valence electrons. The van der Waals surface area contributed by atoms with Gasteiger partial charge in [-0.25, -0.2) is 4.99 Å². The second kappa shape index (κ2) is 13.7. The van der Waals surface area contributed by atoms with E-state index in [2.05, 4.69) is 20.4 Å². The maximum atomic E-state index is 12.8. The van der Waals surface area contributed by atoms with Crippen molar-refractivity contribution in [2.75, 3.05) is 27.7 Å². The summed E-state index contributed by atoms with van der Waals surface area (Å²) < 4.78 is 35.3. The minimum Gasteiger partial charge on any atom is -0.497 e. The Balaban J connectivity index is 0.00000512. The quantitative estimate of drug-likeness (QED) is 0.277. The zero-order chi connectivity index (χ0) is 22.8. The molecule has 0 aliphatic heterocycles. The highest BCUT2D eigenvalue weighted by Crippen LogP contribution is 2.26. The maximum absolute atomic E-state index is 12.8. The van der Waals surface area contributed by atoms with Gasteiger partial charge in [0.05, 0.1) is 26.2 Å². The van der Waals surface area contributed by atoms with Crippen LogP contribution < -0.4 is 20.1 Å². The van der Waals surface area contributed by atoms with Crippen LogP contribution in [0.4, 0.5) is 8.78 Å². The summed E-state index contributed by atoms with van der Waals surface area (Å²) in [4.78, 5) is 17.9. The van der Waals surface area contributed by atoms with Crippen molar-refractivity contribution in [1.82, 2.24) is 15.5 Å². The predicted octanol–water partition coefficient (Wildman–Crippen LogP) is 3.80. The highest BCUT2D eigenvalue weighted by atomic mass is 127. The molecule has 0 aromatic heterocycles. The Morgan fingerprint density at radius 2 is 1.84 bits per heavy atom. The number of methoxy groups -OCH3 is 1. The van der Waals surface area contributed by atoms with Crippen LogP contribution in [0.5, 0.6) is 11.5 Å².